The van der Waals surface area contributed by atoms with Gasteiger partial charge in [0.2, 0.25) is 0 Å². The zero-order valence-corrected chi connectivity index (χ0v) is 12.1. The largest absolute Gasteiger partial charge is 0.378 e. The molecule has 1 N–H and O–H groups in total. The van der Waals surface area contributed by atoms with Crippen LogP contribution >= 0.6 is 38.9 Å². The maximum absolute atomic E-state index is 10.6. The molecule has 0 fully saturated rings. The number of nitrogens with one attached hydrogen (secondary N) is 1. The molecule has 8 heteroatoms. The van der Waals surface area contributed by atoms with Gasteiger partial charge in [-0.15, -0.1) is 11.3 Å². The molecule has 2 rings (SSSR count). The lowest BCUT2D eigenvalue weighted by Crippen LogP contribution is -1.99. The van der Waals surface area contributed by atoms with Crippen molar-refractivity contribution >= 4 is 50.2 Å². The Balaban J connectivity index is 2.08. The molecule has 0 unspecified atom stereocenters. The molecule has 94 valence electrons. The number of nitro groups is 1. The van der Waals surface area contributed by atoms with Crippen LogP contribution in [0.3, 0.4) is 0 Å². The monoisotopic (exact) mass is 347 g/mol. The maximum atomic E-state index is 10.6. The summed E-state index contributed by atoms with van der Waals surface area (Å²) in [5.74, 6) is 0. The second kappa shape index (κ2) is 5.64. The van der Waals surface area contributed by atoms with Crippen LogP contribution in [0.25, 0.3) is 0 Å². The first kappa shape index (κ1) is 13.3. The van der Waals surface area contributed by atoms with Crippen LogP contribution in [-0.2, 0) is 6.54 Å². The number of nitrogens with zero attached hydrogens (tertiary/aromatic N) is 2. The van der Waals surface area contributed by atoms with Crippen molar-refractivity contribution < 1.29 is 4.92 Å². The van der Waals surface area contributed by atoms with Crippen molar-refractivity contribution in [3.63, 3.8) is 0 Å². The van der Waals surface area contributed by atoms with E-state index in [1.807, 2.05) is 0 Å². The van der Waals surface area contributed by atoms with Gasteiger partial charge in [0, 0.05) is 22.3 Å². The van der Waals surface area contributed by atoms with E-state index in [4.69, 9.17) is 11.6 Å². The molecule has 2 aromatic rings. The summed E-state index contributed by atoms with van der Waals surface area (Å²) in [6.45, 7) is 0.522. The lowest BCUT2D eigenvalue weighted by Gasteiger charge is -2.06. The van der Waals surface area contributed by atoms with Crippen LogP contribution in [0.1, 0.15) is 5.01 Å². The maximum Gasteiger partial charge on any atom is 0.270 e. The topological polar surface area (TPSA) is 68.1 Å². The first-order valence-corrected chi connectivity index (χ1v) is 6.83. The zero-order chi connectivity index (χ0) is 13.1. The van der Waals surface area contributed by atoms with E-state index in [0.29, 0.717) is 15.4 Å². The van der Waals surface area contributed by atoms with Crippen molar-refractivity contribution in [3.05, 3.63) is 48.3 Å². The predicted molar refractivity (Wildman–Crippen MR) is 75.2 cm³/mol. The zero-order valence-electron chi connectivity index (χ0n) is 8.89. The number of rotatable bonds is 4. The third kappa shape index (κ3) is 3.18. The van der Waals surface area contributed by atoms with Gasteiger partial charge in [-0.05, 0) is 22.0 Å². The third-order valence-corrected chi connectivity index (χ3v) is 3.89. The molecule has 0 saturated heterocycles. The van der Waals surface area contributed by atoms with Gasteiger partial charge in [0.1, 0.15) is 9.34 Å². The molecule has 1 aromatic carbocycles. The standard InChI is InChI=1S/C10H7BrClN3O2S/c11-7-3-6(15(16)17)1-2-8(7)13-5-10-14-4-9(12)18-10/h1-4,13H,5H2. The number of halogens is 2. The second-order valence-electron chi connectivity index (χ2n) is 3.33. The second-order valence-corrected chi connectivity index (χ2v) is 5.93. The molecule has 0 amide bonds. The first-order chi connectivity index (χ1) is 8.56. The Labute approximate surface area is 120 Å². The predicted octanol–water partition coefficient (Wildman–Crippen LogP) is 4.08. The average molecular weight is 349 g/mol. The molecule has 0 bridgehead atoms. The number of hydrogen-bond donors (Lipinski definition) is 1. The fourth-order valence-corrected chi connectivity index (χ4v) is 2.70. The van der Waals surface area contributed by atoms with Gasteiger partial charge in [-0.1, -0.05) is 11.6 Å². The van der Waals surface area contributed by atoms with Gasteiger partial charge in [-0.2, -0.15) is 0 Å². The fourth-order valence-electron chi connectivity index (χ4n) is 1.30. The summed E-state index contributed by atoms with van der Waals surface area (Å²) >= 11 is 10.4. The number of thiazole rings is 1. The van der Waals surface area contributed by atoms with Gasteiger partial charge < -0.3 is 5.32 Å². The van der Waals surface area contributed by atoms with E-state index < -0.39 is 4.92 Å². The molecule has 0 radical (unpaired) electrons. The normalized spacial score (nSPS) is 10.3. The number of non-ortho nitro benzene ring substituents is 1. The Bertz CT molecular complexity index is 590. The Hall–Kier alpha value is -1.18. The molecular formula is C10H7BrClN3O2S. The lowest BCUT2D eigenvalue weighted by molar-refractivity contribution is -0.384. The van der Waals surface area contributed by atoms with Gasteiger partial charge >= 0.3 is 0 Å². The lowest BCUT2D eigenvalue weighted by atomic mass is 10.3. The van der Waals surface area contributed by atoms with Gasteiger partial charge in [0.15, 0.2) is 0 Å². The molecule has 0 aliphatic heterocycles. The van der Waals surface area contributed by atoms with Crippen LogP contribution in [0.4, 0.5) is 11.4 Å². The molecule has 0 spiro atoms. The molecule has 1 aromatic heterocycles. The van der Waals surface area contributed by atoms with E-state index in [0.717, 1.165) is 10.7 Å². The number of hydrogen-bond acceptors (Lipinski definition) is 5. The SMILES string of the molecule is O=[N+]([O-])c1ccc(NCc2ncc(Cl)s2)c(Br)c1. The Morgan fingerprint density at radius 3 is 2.89 bits per heavy atom. The number of nitro benzene ring substituents is 1. The number of anilines is 1. The molecule has 0 atom stereocenters. The summed E-state index contributed by atoms with van der Waals surface area (Å²) in [5.41, 5.74) is 0.816. The highest BCUT2D eigenvalue weighted by atomic mass is 79.9. The van der Waals surface area contributed by atoms with Crippen molar-refractivity contribution in [1.82, 2.24) is 4.98 Å². The van der Waals surface area contributed by atoms with E-state index in [9.17, 15) is 10.1 Å². The van der Waals surface area contributed by atoms with Crippen molar-refractivity contribution in [3.8, 4) is 0 Å². The Kier molecular flexibility index (Phi) is 4.15. The van der Waals surface area contributed by atoms with Crippen LogP contribution in [0.5, 0.6) is 0 Å². The van der Waals surface area contributed by atoms with Crippen molar-refractivity contribution in [2.75, 3.05) is 5.32 Å². The first-order valence-electron chi connectivity index (χ1n) is 4.84. The van der Waals surface area contributed by atoms with Crippen LogP contribution in [0, 0.1) is 10.1 Å². The minimum atomic E-state index is -0.435. The van der Waals surface area contributed by atoms with E-state index in [1.165, 1.54) is 23.5 Å². The van der Waals surface area contributed by atoms with Crippen molar-refractivity contribution in [1.29, 1.82) is 0 Å². The highest BCUT2D eigenvalue weighted by Gasteiger charge is 2.09. The third-order valence-electron chi connectivity index (χ3n) is 2.12. The van der Waals surface area contributed by atoms with Crippen molar-refractivity contribution in [2.24, 2.45) is 0 Å². The van der Waals surface area contributed by atoms with Gasteiger partial charge in [0.05, 0.1) is 17.7 Å². The number of aromatic nitrogens is 1. The average Bonchev–Trinajstić information content (AvgIpc) is 2.73. The highest BCUT2D eigenvalue weighted by Crippen LogP contribution is 2.28. The highest BCUT2D eigenvalue weighted by molar-refractivity contribution is 9.10. The molecule has 0 aliphatic carbocycles. The molecule has 18 heavy (non-hydrogen) atoms. The van der Waals surface area contributed by atoms with Gasteiger partial charge in [-0.25, -0.2) is 4.98 Å². The minimum Gasteiger partial charge on any atom is -0.378 e. The fraction of sp³-hybridized carbons (Fsp3) is 0.100. The summed E-state index contributed by atoms with van der Waals surface area (Å²) < 4.78 is 1.27. The Morgan fingerprint density at radius 2 is 2.33 bits per heavy atom. The van der Waals surface area contributed by atoms with E-state index >= 15 is 0 Å². The summed E-state index contributed by atoms with van der Waals surface area (Å²) in [4.78, 5) is 14.3. The van der Waals surface area contributed by atoms with Crippen molar-refractivity contribution in [2.45, 2.75) is 6.54 Å². The van der Waals surface area contributed by atoms with Crippen LogP contribution < -0.4 is 5.32 Å². The smallest absolute Gasteiger partial charge is 0.270 e. The van der Waals surface area contributed by atoms with E-state index in [2.05, 4.69) is 26.2 Å². The Morgan fingerprint density at radius 1 is 1.56 bits per heavy atom. The summed E-state index contributed by atoms with van der Waals surface area (Å²) in [6.07, 6.45) is 1.59. The summed E-state index contributed by atoms with van der Waals surface area (Å²) in [7, 11) is 0. The molecule has 0 saturated carbocycles. The molecule has 1 heterocycles. The minimum absolute atomic E-state index is 0.0460. The molecule has 5 nitrogen and oxygen atoms in total. The van der Waals surface area contributed by atoms with E-state index in [-0.39, 0.29) is 5.69 Å². The summed E-state index contributed by atoms with van der Waals surface area (Å²) in [5, 5.41) is 14.6. The van der Waals surface area contributed by atoms with Gasteiger partial charge in [-0.3, -0.25) is 10.1 Å². The van der Waals surface area contributed by atoms with Crippen LogP contribution in [0.15, 0.2) is 28.9 Å². The van der Waals surface area contributed by atoms with Gasteiger partial charge in [0.25, 0.3) is 5.69 Å². The quantitative estimate of drug-likeness (QED) is 0.668. The number of benzene rings is 1. The van der Waals surface area contributed by atoms with Crippen LogP contribution in [-0.4, -0.2) is 9.91 Å². The molecular weight excluding hydrogens is 342 g/mol. The summed E-state index contributed by atoms with van der Waals surface area (Å²) in [6, 6.07) is 4.55. The molecule has 0 aliphatic rings. The van der Waals surface area contributed by atoms with Crippen LogP contribution in [0.2, 0.25) is 4.34 Å². The van der Waals surface area contributed by atoms with E-state index in [1.54, 1.807) is 12.3 Å².